The van der Waals surface area contributed by atoms with E-state index in [9.17, 15) is 13.2 Å². The number of nitrogens with one attached hydrogen (secondary N) is 3. The van der Waals surface area contributed by atoms with E-state index in [-0.39, 0.29) is 29.5 Å². The number of H-pyrrole nitrogens is 1. The Bertz CT molecular complexity index is 1460. The van der Waals surface area contributed by atoms with Crippen LogP contribution < -0.4 is 14.8 Å². The number of rotatable bonds is 10. The van der Waals surface area contributed by atoms with Crippen LogP contribution in [0.5, 0.6) is 11.5 Å². The molecule has 0 saturated heterocycles. The van der Waals surface area contributed by atoms with E-state index < -0.39 is 10.0 Å². The van der Waals surface area contributed by atoms with Gasteiger partial charge in [0.25, 0.3) is 0 Å². The zero-order valence-corrected chi connectivity index (χ0v) is 19.4. The highest BCUT2D eigenvalue weighted by molar-refractivity contribution is 7.92. The first-order valence-electron chi connectivity index (χ1n) is 10.1. The fourth-order valence-corrected chi connectivity index (χ4v) is 3.98. The van der Waals surface area contributed by atoms with Gasteiger partial charge >= 0.3 is 0 Å². The number of aromatic amines is 1. The number of carbonyl (C=O) groups is 1. The molecule has 3 N–H and O–H groups in total. The summed E-state index contributed by atoms with van der Waals surface area (Å²) in [5, 5.41) is 4.57. The second-order valence-corrected chi connectivity index (χ2v) is 9.19. The van der Waals surface area contributed by atoms with Gasteiger partial charge in [-0.05, 0) is 24.3 Å². The lowest BCUT2D eigenvalue weighted by Gasteiger charge is -2.10. The lowest BCUT2D eigenvalue weighted by atomic mass is 10.0. The summed E-state index contributed by atoms with van der Waals surface area (Å²) in [6.07, 6.45) is 2.88. The van der Waals surface area contributed by atoms with E-state index in [1.807, 2.05) is 30.3 Å². The molecule has 9 nitrogen and oxygen atoms in total. The van der Waals surface area contributed by atoms with Gasteiger partial charge in [-0.25, -0.2) is 23.1 Å². The fourth-order valence-electron chi connectivity index (χ4n) is 3.22. The third-order valence-electron chi connectivity index (χ3n) is 4.82. The van der Waals surface area contributed by atoms with Crippen LogP contribution in [0, 0.1) is 0 Å². The van der Waals surface area contributed by atoms with Crippen molar-refractivity contribution in [3.8, 4) is 11.5 Å². The summed E-state index contributed by atoms with van der Waals surface area (Å²) in [5.74, 6) is 1.21. The van der Waals surface area contributed by atoms with Gasteiger partial charge < -0.3 is 15.0 Å². The molecule has 0 atom stereocenters. The smallest absolute Gasteiger partial charge is 0.233 e. The van der Waals surface area contributed by atoms with Crippen molar-refractivity contribution in [2.24, 2.45) is 0 Å². The van der Waals surface area contributed by atoms with Gasteiger partial charge in [0.15, 0.2) is 5.78 Å². The third-order valence-corrected chi connectivity index (χ3v) is 6.18. The van der Waals surface area contributed by atoms with Crippen molar-refractivity contribution in [3.63, 3.8) is 0 Å². The normalized spacial score (nSPS) is 11.3. The van der Waals surface area contributed by atoms with Gasteiger partial charge in [0.2, 0.25) is 10.0 Å². The fraction of sp³-hybridized carbons (Fsp3) is 0.0870. The van der Waals surface area contributed by atoms with Crippen LogP contribution in [0.15, 0.2) is 73.0 Å². The molecule has 0 radical (unpaired) electrons. The summed E-state index contributed by atoms with van der Waals surface area (Å²) in [6.45, 7) is 3.57. The van der Waals surface area contributed by atoms with Crippen molar-refractivity contribution in [1.82, 2.24) is 19.7 Å². The van der Waals surface area contributed by atoms with Crippen molar-refractivity contribution < 1.29 is 17.9 Å². The monoisotopic (exact) mass is 497 g/mol. The highest BCUT2D eigenvalue weighted by Crippen LogP contribution is 2.31. The minimum Gasteiger partial charge on any atom is -0.457 e. The van der Waals surface area contributed by atoms with Crippen LogP contribution in [-0.2, 0) is 10.0 Å². The first-order valence-corrected chi connectivity index (χ1v) is 12.1. The molecule has 2 aromatic carbocycles. The van der Waals surface area contributed by atoms with Crippen molar-refractivity contribution in [2.75, 3.05) is 18.4 Å². The number of nitrogens with zero attached hydrogens (tertiary/aromatic N) is 2. The molecule has 0 aliphatic carbocycles. The molecule has 0 unspecified atom stereocenters. The second kappa shape index (κ2) is 10.0. The molecular weight excluding hydrogens is 478 g/mol. The van der Waals surface area contributed by atoms with Gasteiger partial charge in [-0.2, -0.15) is 0 Å². The van der Waals surface area contributed by atoms with Gasteiger partial charge in [0, 0.05) is 36.3 Å². The van der Waals surface area contributed by atoms with E-state index in [4.69, 9.17) is 16.3 Å². The Hall–Kier alpha value is -3.73. The molecule has 0 amide bonds. The van der Waals surface area contributed by atoms with Crippen molar-refractivity contribution in [2.45, 2.75) is 0 Å². The Morgan fingerprint density at radius 1 is 1.09 bits per heavy atom. The number of halogens is 1. The minimum atomic E-state index is -3.54. The molecule has 11 heteroatoms. The molecular formula is C23H20ClN5O4S. The van der Waals surface area contributed by atoms with E-state index in [1.165, 1.54) is 12.5 Å². The average Bonchev–Trinajstić information content (AvgIpc) is 3.27. The predicted octanol–water partition coefficient (Wildman–Crippen LogP) is 4.11. The number of fused-ring (bicyclic) bond motifs is 1. The molecule has 2 aromatic heterocycles. The molecule has 4 aromatic rings. The zero-order valence-electron chi connectivity index (χ0n) is 17.8. The zero-order chi connectivity index (χ0) is 24.1. The van der Waals surface area contributed by atoms with Crippen molar-refractivity contribution in [1.29, 1.82) is 0 Å². The summed E-state index contributed by atoms with van der Waals surface area (Å²) in [5.41, 5.74) is 1.06. The van der Waals surface area contributed by atoms with Crippen molar-refractivity contribution in [3.05, 3.63) is 89.2 Å². The van der Waals surface area contributed by atoms with Gasteiger partial charge in [0.1, 0.15) is 29.3 Å². The molecule has 0 aliphatic rings. The van der Waals surface area contributed by atoms with Crippen LogP contribution in [0.3, 0.4) is 0 Å². The average molecular weight is 498 g/mol. The molecule has 174 valence electrons. The van der Waals surface area contributed by atoms with E-state index in [1.54, 1.807) is 18.2 Å². The van der Waals surface area contributed by atoms with Crippen LogP contribution in [-0.4, -0.2) is 42.2 Å². The Labute approximate surface area is 200 Å². The number of anilines is 1. The minimum absolute atomic E-state index is 0.0995. The summed E-state index contributed by atoms with van der Waals surface area (Å²) in [4.78, 5) is 24.7. The quantitative estimate of drug-likeness (QED) is 0.222. The van der Waals surface area contributed by atoms with Crippen molar-refractivity contribution >= 4 is 44.3 Å². The molecule has 0 aliphatic heterocycles. The number of para-hydroxylation sites is 1. The van der Waals surface area contributed by atoms with Gasteiger partial charge in [-0.15, -0.1) is 0 Å². The Morgan fingerprint density at radius 2 is 1.88 bits per heavy atom. The van der Waals surface area contributed by atoms with Gasteiger partial charge in [0.05, 0.1) is 16.0 Å². The molecule has 0 spiro atoms. The van der Waals surface area contributed by atoms with Crippen LogP contribution >= 0.6 is 11.6 Å². The molecule has 4 rings (SSSR count). The van der Waals surface area contributed by atoms with E-state index in [0.29, 0.717) is 33.9 Å². The Kier molecular flexibility index (Phi) is 6.92. The number of hydrogen-bond acceptors (Lipinski definition) is 7. The number of ether oxygens (including phenoxy) is 1. The largest absolute Gasteiger partial charge is 0.457 e. The lowest BCUT2D eigenvalue weighted by molar-refractivity contribution is 0.104. The number of aromatic nitrogens is 3. The molecule has 0 fully saturated rings. The summed E-state index contributed by atoms with van der Waals surface area (Å²) in [7, 11) is -3.54. The Morgan fingerprint density at radius 3 is 2.62 bits per heavy atom. The van der Waals surface area contributed by atoms with Gasteiger partial charge in [-0.1, -0.05) is 36.4 Å². The highest BCUT2D eigenvalue weighted by atomic mass is 35.5. The van der Waals surface area contributed by atoms with Crippen LogP contribution in [0.4, 0.5) is 5.82 Å². The third kappa shape index (κ3) is 5.25. The predicted molar refractivity (Wildman–Crippen MR) is 131 cm³/mol. The van der Waals surface area contributed by atoms with E-state index in [2.05, 4.69) is 31.6 Å². The first-order chi connectivity index (χ1) is 16.4. The molecule has 0 saturated carbocycles. The second-order valence-electron chi connectivity index (χ2n) is 7.07. The van der Waals surface area contributed by atoms with Crippen LogP contribution in [0.25, 0.3) is 11.0 Å². The number of benzene rings is 2. The number of hydrogen-bond donors (Lipinski definition) is 3. The highest BCUT2D eigenvalue weighted by Gasteiger charge is 2.21. The number of carbonyl (C=O) groups excluding carboxylic acids is 1. The summed E-state index contributed by atoms with van der Waals surface area (Å²) < 4.78 is 31.1. The SMILES string of the molecule is C=CS(=O)(=O)NCCNc1ncnc2[nH]cc(C(=O)c3ccc(Oc4ccccc4)cc3Cl)c12. The maximum absolute atomic E-state index is 13.3. The summed E-state index contributed by atoms with van der Waals surface area (Å²) >= 11 is 6.43. The first kappa shape index (κ1) is 23.4. The number of sulfonamides is 1. The van der Waals surface area contributed by atoms with Crippen LogP contribution in [0.2, 0.25) is 5.02 Å². The molecule has 0 bridgehead atoms. The topological polar surface area (TPSA) is 126 Å². The Balaban J connectivity index is 1.56. The standard InChI is InChI=1S/C23H20ClN5O4S/c1-2-34(31,32)29-11-10-25-22-20-18(13-26-23(20)28-14-27-22)21(30)17-9-8-16(12-19(17)24)33-15-6-4-3-5-7-15/h2-9,12-14,29H,1,10-11H2,(H2,25,26,27,28). The molecule has 2 heterocycles. The van der Waals surface area contributed by atoms with Crippen LogP contribution in [0.1, 0.15) is 15.9 Å². The lowest BCUT2D eigenvalue weighted by Crippen LogP contribution is -2.27. The summed E-state index contributed by atoms with van der Waals surface area (Å²) in [6, 6.07) is 14.1. The molecule has 34 heavy (non-hydrogen) atoms. The van der Waals surface area contributed by atoms with Gasteiger partial charge in [-0.3, -0.25) is 4.79 Å². The van der Waals surface area contributed by atoms with E-state index >= 15 is 0 Å². The van der Waals surface area contributed by atoms with E-state index in [0.717, 1.165) is 5.41 Å². The number of ketones is 1. The maximum Gasteiger partial charge on any atom is 0.233 e. The maximum atomic E-state index is 13.3.